The Labute approximate surface area is 258 Å². The van der Waals surface area contributed by atoms with Crippen LogP contribution in [0.25, 0.3) is 38.6 Å². The molecule has 0 fully saturated rings. The quantitative estimate of drug-likeness (QED) is 0.170. The summed E-state index contributed by atoms with van der Waals surface area (Å²) in [7, 11) is 0. The SMILES string of the molecule is C/C(=C\C=C/Cc1ccccc1)c1ccc(N(c2ccc(-c3ccccc3)cc2)c2ccc3oc4ccccc4c3c2)cc1. The molecule has 0 radical (unpaired) electrons. The van der Waals surface area contributed by atoms with Gasteiger partial charge < -0.3 is 9.32 Å². The average Bonchev–Trinajstić information content (AvgIpc) is 3.46. The number of rotatable bonds is 8. The van der Waals surface area contributed by atoms with Crippen molar-refractivity contribution >= 4 is 44.6 Å². The molecule has 2 nitrogen and oxygen atoms in total. The van der Waals surface area contributed by atoms with Gasteiger partial charge in [0.2, 0.25) is 0 Å². The molecule has 0 bridgehead atoms. The van der Waals surface area contributed by atoms with Gasteiger partial charge in [-0.2, -0.15) is 0 Å². The highest BCUT2D eigenvalue weighted by Gasteiger charge is 2.16. The lowest BCUT2D eigenvalue weighted by Crippen LogP contribution is -2.09. The summed E-state index contributed by atoms with van der Waals surface area (Å²) in [6.45, 7) is 2.17. The summed E-state index contributed by atoms with van der Waals surface area (Å²) in [5.74, 6) is 0. The van der Waals surface area contributed by atoms with Gasteiger partial charge in [0.1, 0.15) is 11.2 Å². The summed E-state index contributed by atoms with van der Waals surface area (Å²) >= 11 is 0. The molecule has 212 valence electrons. The Morgan fingerprint density at radius 2 is 1.16 bits per heavy atom. The maximum Gasteiger partial charge on any atom is 0.135 e. The second-order valence-electron chi connectivity index (χ2n) is 11.0. The fraction of sp³-hybridized carbons (Fsp3) is 0.0476. The molecular weight excluding hydrogens is 534 g/mol. The minimum atomic E-state index is 0.894. The van der Waals surface area contributed by atoms with Crippen molar-refractivity contribution in [2.75, 3.05) is 4.90 Å². The lowest BCUT2D eigenvalue weighted by molar-refractivity contribution is 0.669. The molecule has 2 heteroatoms. The van der Waals surface area contributed by atoms with E-state index in [4.69, 9.17) is 4.42 Å². The molecule has 0 amide bonds. The molecule has 44 heavy (non-hydrogen) atoms. The van der Waals surface area contributed by atoms with E-state index in [1.807, 2.05) is 12.1 Å². The van der Waals surface area contributed by atoms with Crippen LogP contribution in [0.15, 0.2) is 174 Å². The molecular formula is C42H33NO. The zero-order valence-corrected chi connectivity index (χ0v) is 24.7. The van der Waals surface area contributed by atoms with Crippen LogP contribution >= 0.6 is 0 Å². The lowest BCUT2D eigenvalue weighted by Gasteiger charge is -2.26. The fourth-order valence-electron chi connectivity index (χ4n) is 5.73. The summed E-state index contributed by atoms with van der Waals surface area (Å²) in [5.41, 5.74) is 11.2. The third-order valence-electron chi connectivity index (χ3n) is 8.11. The minimum Gasteiger partial charge on any atom is -0.456 e. The molecule has 0 unspecified atom stereocenters. The number of allylic oxidation sites excluding steroid dienone is 4. The maximum absolute atomic E-state index is 6.14. The monoisotopic (exact) mass is 567 g/mol. The van der Waals surface area contributed by atoms with E-state index in [-0.39, 0.29) is 0 Å². The maximum atomic E-state index is 6.14. The van der Waals surface area contributed by atoms with Gasteiger partial charge in [-0.15, -0.1) is 0 Å². The minimum absolute atomic E-state index is 0.894. The molecule has 0 saturated heterocycles. The third-order valence-corrected chi connectivity index (χ3v) is 8.11. The standard InChI is InChI=1S/C42H33NO/c1-31(12-8-9-15-32-13-4-2-5-14-32)33-20-24-36(25-21-33)43(37-26-22-35(23-27-37)34-16-6-3-7-17-34)38-28-29-42-40(30-38)39-18-10-11-19-41(39)44-42/h2-14,16-30H,15H2,1H3/b9-8-,31-12+. The van der Waals surface area contributed by atoms with Gasteiger partial charge in [0.15, 0.2) is 0 Å². The third kappa shape index (κ3) is 5.71. The largest absolute Gasteiger partial charge is 0.456 e. The molecule has 0 saturated carbocycles. The van der Waals surface area contributed by atoms with E-state index in [0.29, 0.717) is 0 Å². The van der Waals surface area contributed by atoms with Gasteiger partial charge in [0.05, 0.1) is 0 Å². The van der Waals surface area contributed by atoms with Crippen molar-refractivity contribution in [2.45, 2.75) is 13.3 Å². The van der Waals surface area contributed by atoms with E-state index in [1.54, 1.807) is 0 Å². The van der Waals surface area contributed by atoms with Gasteiger partial charge in [-0.25, -0.2) is 0 Å². The van der Waals surface area contributed by atoms with Crippen molar-refractivity contribution in [1.29, 1.82) is 0 Å². The van der Waals surface area contributed by atoms with E-state index < -0.39 is 0 Å². The van der Waals surface area contributed by atoms with Gasteiger partial charge in [-0.3, -0.25) is 0 Å². The number of anilines is 3. The van der Waals surface area contributed by atoms with E-state index >= 15 is 0 Å². The van der Waals surface area contributed by atoms with Crippen molar-refractivity contribution in [2.24, 2.45) is 0 Å². The zero-order chi connectivity index (χ0) is 29.7. The van der Waals surface area contributed by atoms with E-state index in [9.17, 15) is 0 Å². The van der Waals surface area contributed by atoms with Crippen LogP contribution in [0.3, 0.4) is 0 Å². The summed E-state index contributed by atoms with van der Waals surface area (Å²) in [4.78, 5) is 2.32. The molecule has 0 spiro atoms. The molecule has 0 aliphatic carbocycles. The van der Waals surface area contributed by atoms with Gasteiger partial charge in [-0.1, -0.05) is 121 Å². The zero-order valence-electron chi connectivity index (χ0n) is 24.7. The number of para-hydroxylation sites is 1. The molecule has 0 N–H and O–H groups in total. The highest BCUT2D eigenvalue weighted by molar-refractivity contribution is 6.06. The Balaban J connectivity index is 1.23. The second kappa shape index (κ2) is 12.3. The predicted octanol–water partition coefficient (Wildman–Crippen LogP) is 11.9. The Kier molecular flexibility index (Phi) is 7.63. The first kappa shape index (κ1) is 27.2. The second-order valence-corrected chi connectivity index (χ2v) is 11.0. The Bertz CT molecular complexity index is 2070. The summed E-state index contributed by atoms with van der Waals surface area (Å²) in [6, 6.07) is 53.4. The first-order chi connectivity index (χ1) is 21.7. The van der Waals surface area contributed by atoms with Crippen LogP contribution in [-0.2, 0) is 6.42 Å². The van der Waals surface area contributed by atoms with Crippen molar-refractivity contribution in [3.63, 3.8) is 0 Å². The van der Waals surface area contributed by atoms with Crippen LogP contribution in [0.4, 0.5) is 17.1 Å². The van der Waals surface area contributed by atoms with Crippen molar-refractivity contribution in [3.05, 3.63) is 181 Å². The first-order valence-corrected chi connectivity index (χ1v) is 15.1. The van der Waals surface area contributed by atoms with Crippen LogP contribution in [-0.4, -0.2) is 0 Å². The Morgan fingerprint density at radius 3 is 1.91 bits per heavy atom. The van der Waals surface area contributed by atoms with Crippen molar-refractivity contribution in [3.8, 4) is 11.1 Å². The van der Waals surface area contributed by atoms with Crippen LogP contribution < -0.4 is 4.90 Å². The van der Waals surface area contributed by atoms with Crippen LogP contribution in [0, 0.1) is 0 Å². The van der Waals surface area contributed by atoms with Crippen LogP contribution in [0.5, 0.6) is 0 Å². The predicted molar refractivity (Wildman–Crippen MR) is 187 cm³/mol. The summed E-state index contributed by atoms with van der Waals surface area (Å²) in [5, 5.41) is 2.24. The van der Waals surface area contributed by atoms with Crippen molar-refractivity contribution < 1.29 is 4.42 Å². The Hall–Kier alpha value is -5.60. The molecule has 1 heterocycles. The Morgan fingerprint density at radius 1 is 0.568 bits per heavy atom. The molecule has 1 aromatic heterocycles. The highest BCUT2D eigenvalue weighted by atomic mass is 16.3. The van der Waals surface area contributed by atoms with Gasteiger partial charge >= 0.3 is 0 Å². The molecule has 0 aliphatic rings. The lowest BCUT2D eigenvalue weighted by atomic mass is 10.0. The number of furan rings is 1. The molecule has 7 aromatic rings. The molecule has 0 atom stereocenters. The van der Waals surface area contributed by atoms with E-state index in [0.717, 1.165) is 45.4 Å². The van der Waals surface area contributed by atoms with E-state index in [1.165, 1.54) is 27.8 Å². The number of hydrogen-bond acceptors (Lipinski definition) is 2. The molecule has 6 aromatic carbocycles. The fourth-order valence-corrected chi connectivity index (χ4v) is 5.73. The topological polar surface area (TPSA) is 16.4 Å². The normalized spacial score (nSPS) is 11.9. The van der Waals surface area contributed by atoms with Crippen LogP contribution in [0.2, 0.25) is 0 Å². The van der Waals surface area contributed by atoms with Gasteiger partial charge in [0.25, 0.3) is 0 Å². The van der Waals surface area contributed by atoms with Gasteiger partial charge in [-0.05, 0) is 89.7 Å². The first-order valence-electron chi connectivity index (χ1n) is 15.1. The number of fused-ring (bicyclic) bond motifs is 3. The molecule has 0 aliphatic heterocycles. The number of benzene rings is 6. The molecule has 7 rings (SSSR count). The average molecular weight is 568 g/mol. The van der Waals surface area contributed by atoms with Crippen LogP contribution in [0.1, 0.15) is 18.1 Å². The summed E-state index contributed by atoms with van der Waals surface area (Å²) in [6.07, 6.45) is 7.49. The number of hydrogen-bond donors (Lipinski definition) is 0. The van der Waals surface area contributed by atoms with Gasteiger partial charge in [0, 0.05) is 27.8 Å². The van der Waals surface area contributed by atoms with Crippen molar-refractivity contribution in [1.82, 2.24) is 0 Å². The highest BCUT2D eigenvalue weighted by Crippen LogP contribution is 2.39. The number of nitrogens with zero attached hydrogens (tertiary/aromatic N) is 1. The summed E-state index contributed by atoms with van der Waals surface area (Å²) < 4.78 is 6.14. The van der Waals surface area contributed by atoms with E-state index in [2.05, 4.69) is 170 Å². The smallest absolute Gasteiger partial charge is 0.135 e.